The van der Waals surface area contributed by atoms with Gasteiger partial charge in [0.25, 0.3) is 0 Å². The van der Waals surface area contributed by atoms with Gasteiger partial charge in [-0.2, -0.15) is 11.8 Å². The number of piperidine rings is 1. The van der Waals surface area contributed by atoms with Gasteiger partial charge in [0, 0.05) is 0 Å². The molecule has 0 aliphatic carbocycles. The van der Waals surface area contributed by atoms with Crippen LogP contribution in [0.1, 0.15) is 31.2 Å². The van der Waals surface area contributed by atoms with E-state index in [9.17, 15) is 0 Å². The second kappa shape index (κ2) is 7.37. The zero-order valence-electron chi connectivity index (χ0n) is 12.1. The molecule has 0 saturated carbocycles. The lowest BCUT2D eigenvalue weighted by molar-refractivity contribution is 0.192. The Bertz CT molecular complexity index is 376. The summed E-state index contributed by atoms with van der Waals surface area (Å²) in [6.45, 7) is 2.36. The first kappa shape index (κ1) is 14.3. The Kier molecular flexibility index (Phi) is 5.26. The molecule has 0 aromatic heterocycles. The molecular weight excluding hydrogens is 266 g/mol. The highest BCUT2D eigenvalue weighted by Crippen LogP contribution is 2.25. The quantitative estimate of drug-likeness (QED) is 0.917. The molecule has 1 aromatic rings. The Hall–Kier alpha value is -0.670. The number of rotatable bonds is 4. The normalized spacial score (nSPS) is 21.8. The molecule has 0 bridgehead atoms. The number of benzene rings is 1. The van der Waals surface area contributed by atoms with Crippen LogP contribution < -0.4 is 10.1 Å². The fourth-order valence-electron chi connectivity index (χ4n) is 3.15. The number of hydrogen-bond donors (Lipinski definition) is 1. The van der Waals surface area contributed by atoms with Gasteiger partial charge in [0.05, 0.1) is 0 Å². The zero-order chi connectivity index (χ0) is 13.6. The molecule has 2 nitrogen and oxygen atoms in total. The highest BCUT2D eigenvalue weighted by Gasteiger charge is 2.16. The van der Waals surface area contributed by atoms with E-state index in [1.54, 1.807) is 0 Å². The van der Waals surface area contributed by atoms with Crippen LogP contribution in [0, 0.1) is 5.92 Å². The van der Waals surface area contributed by atoms with Crippen LogP contribution in [0.4, 0.5) is 0 Å². The highest BCUT2D eigenvalue weighted by atomic mass is 32.2. The van der Waals surface area contributed by atoms with Crippen LogP contribution >= 0.6 is 11.8 Å². The monoisotopic (exact) mass is 291 g/mol. The van der Waals surface area contributed by atoms with Crippen LogP contribution in [0.3, 0.4) is 0 Å². The summed E-state index contributed by atoms with van der Waals surface area (Å²) in [5.41, 5.74) is 1.44. The third kappa shape index (κ3) is 4.16. The van der Waals surface area contributed by atoms with Crippen molar-refractivity contribution in [2.24, 2.45) is 5.92 Å². The molecule has 1 N–H and O–H groups in total. The smallest absolute Gasteiger partial charge is 0.119 e. The first-order valence-electron chi connectivity index (χ1n) is 7.94. The summed E-state index contributed by atoms with van der Waals surface area (Å²) in [6, 6.07) is 8.80. The first-order chi connectivity index (χ1) is 9.90. The molecule has 20 heavy (non-hydrogen) atoms. The highest BCUT2D eigenvalue weighted by molar-refractivity contribution is 7.99. The zero-order valence-corrected chi connectivity index (χ0v) is 13.0. The van der Waals surface area contributed by atoms with Gasteiger partial charge in [-0.3, -0.25) is 0 Å². The lowest BCUT2D eigenvalue weighted by atomic mass is 9.91. The van der Waals surface area contributed by atoms with Gasteiger partial charge in [-0.05, 0) is 80.3 Å². The average Bonchev–Trinajstić information content (AvgIpc) is 2.50. The molecule has 2 fully saturated rings. The SMILES string of the molecule is c1cc(CC2CCNCC2)cc(OC2CCSCC2)c1. The lowest BCUT2D eigenvalue weighted by Crippen LogP contribution is -2.28. The van der Waals surface area contributed by atoms with Gasteiger partial charge in [0.2, 0.25) is 0 Å². The van der Waals surface area contributed by atoms with Crippen molar-refractivity contribution < 1.29 is 4.74 Å². The lowest BCUT2D eigenvalue weighted by Gasteiger charge is -2.24. The van der Waals surface area contributed by atoms with Gasteiger partial charge >= 0.3 is 0 Å². The van der Waals surface area contributed by atoms with Crippen LogP contribution in [-0.4, -0.2) is 30.7 Å². The van der Waals surface area contributed by atoms with Gasteiger partial charge in [-0.1, -0.05) is 12.1 Å². The molecule has 1 aromatic carbocycles. The number of nitrogens with one attached hydrogen (secondary N) is 1. The molecule has 2 aliphatic heterocycles. The largest absolute Gasteiger partial charge is 0.490 e. The van der Waals surface area contributed by atoms with E-state index < -0.39 is 0 Å². The van der Waals surface area contributed by atoms with Crippen LogP contribution in [0.15, 0.2) is 24.3 Å². The van der Waals surface area contributed by atoms with Crippen molar-refractivity contribution in [3.63, 3.8) is 0 Å². The van der Waals surface area contributed by atoms with Gasteiger partial charge in [-0.15, -0.1) is 0 Å². The van der Waals surface area contributed by atoms with Gasteiger partial charge in [0.15, 0.2) is 0 Å². The van der Waals surface area contributed by atoms with E-state index in [0.717, 1.165) is 11.7 Å². The molecule has 110 valence electrons. The van der Waals surface area contributed by atoms with E-state index in [2.05, 4.69) is 29.6 Å². The number of thioether (sulfide) groups is 1. The molecule has 3 heteroatoms. The maximum absolute atomic E-state index is 6.16. The molecule has 2 heterocycles. The Labute approximate surface area is 126 Å². The molecule has 2 aliphatic rings. The van der Waals surface area contributed by atoms with Crippen LogP contribution in [-0.2, 0) is 6.42 Å². The third-order valence-electron chi connectivity index (χ3n) is 4.35. The van der Waals surface area contributed by atoms with E-state index in [1.165, 1.54) is 62.3 Å². The Balaban J connectivity index is 1.57. The van der Waals surface area contributed by atoms with Crippen molar-refractivity contribution >= 4 is 11.8 Å². The minimum atomic E-state index is 0.436. The van der Waals surface area contributed by atoms with Gasteiger partial charge in [-0.25, -0.2) is 0 Å². The fraction of sp³-hybridized carbons (Fsp3) is 0.647. The summed E-state index contributed by atoms with van der Waals surface area (Å²) in [7, 11) is 0. The van der Waals surface area contributed by atoms with Crippen molar-refractivity contribution in [2.75, 3.05) is 24.6 Å². The first-order valence-corrected chi connectivity index (χ1v) is 9.10. The van der Waals surface area contributed by atoms with E-state index in [1.807, 2.05) is 11.8 Å². The maximum atomic E-state index is 6.16. The average molecular weight is 291 g/mol. The minimum Gasteiger partial charge on any atom is -0.490 e. The van der Waals surface area contributed by atoms with E-state index in [0.29, 0.717) is 6.10 Å². The van der Waals surface area contributed by atoms with Crippen LogP contribution in [0.2, 0.25) is 0 Å². The van der Waals surface area contributed by atoms with Crippen molar-refractivity contribution in [3.8, 4) is 5.75 Å². The second-order valence-corrected chi connectivity index (χ2v) is 7.20. The molecule has 0 amide bonds. The minimum absolute atomic E-state index is 0.436. The molecule has 3 rings (SSSR count). The Morgan fingerprint density at radius 1 is 1.10 bits per heavy atom. The van der Waals surface area contributed by atoms with Gasteiger partial charge < -0.3 is 10.1 Å². The summed E-state index contributed by atoms with van der Waals surface area (Å²) < 4.78 is 6.16. The molecule has 0 radical (unpaired) electrons. The van der Waals surface area contributed by atoms with Gasteiger partial charge in [0.1, 0.15) is 11.9 Å². The Morgan fingerprint density at radius 3 is 2.70 bits per heavy atom. The Morgan fingerprint density at radius 2 is 1.90 bits per heavy atom. The summed E-state index contributed by atoms with van der Waals surface area (Å²) in [5, 5.41) is 3.44. The molecule has 0 spiro atoms. The van der Waals surface area contributed by atoms with Crippen LogP contribution in [0.5, 0.6) is 5.75 Å². The van der Waals surface area contributed by atoms with Crippen molar-refractivity contribution in [2.45, 2.75) is 38.2 Å². The number of ether oxygens (including phenoxy) is 1. The number of hydrogen-bond acceptors (Lipinski definition) is 3. The maximum Gasteiger partial charge on any atom is 0.119 e. The summed E-state index contributed by atoms with van der Waals surface area (Å²) in [6.07, 6.45) is 6.66. The fourth-order valence-corrected chi connectivity index (χ4v) is 4.21. The molecule has 0 unspecified atom stereocenters. The van der Waals surface area contributed by atoms with E-state index in [-0.39, 0.29) is 0 Å². The standard InChI is InChI=1S/C17H25NOS/c1-2-15(12-14-4-8-18-9-5-14)13-17(3-1)19-16-6-10-20-11-7-16/h1-3,13-14,16,18H,4-12H2. The topological polar surface area (TPSA) is 21.3 Å². The van der Waals surface area contributed by atoms with E-state index in [4.69, 9.17) is 4.74 Å². The molecular formula is C17H25NOS. The van der Waals surface area contributed by atoms with Crippen molar-refractivity contribution in [1.82, 2.24) is 5.32 Å². The predicted octanol–water partition coefficient (Wildman–Crippen LogP) is 3.50. The summed E-state index contributed by atoms with van der Waals surface area (Å²) in [4.78, 5) is 0. The molecule has 0 atom stereocenters. The summed E-state index contributed by atoms with van der Waals surface area (Å²) >= 11 is 2.05. The molecule has 2 saturated heterocycles. The van der Waals surface area contributed by atoms with Crippen LogP contribution in [0.25, 0.3) is 0 Å². The third-order valence-corrected chi connectivity index (χ3v) is 5.40. The van der Waals surface area contributed by atoms with E-state index >= 15 is 0 Å². The van der Waals surface area contributed by atoms with Crippen molar-refractivity contribution in [3.05, 3.63) is 29.8 Å². The predicted molar refractivity (Wildman–Crippen MR) is 86.7 cm³/mol. The second-order valence-electron chi connectivity index (χ2n) is 5.97. The van der Waals surface area contributed by atoms with Crippen molar-refractivity contribution in [1.29, 1.82) is 0 Å². The summed E-state index contributed by atoms with van der Waals surface area (Å²) in [5.74, 6) is 4.42.